The number of carbonyl (C=O) groups is 1. The van der Waals surface area contributed by atoms with E-state index < -0.39 is 5.97 Å². The van der Waals surface area contributed by atoms with Gasteiger partial charge in [0.15, 0.2) is 0 Å². The van der Waals surface area contributed by atoms with E-state index in [0.29, 0.717) is 5.02 Å². The van der Waals surface area contributed by atoms with Gasteiger partial charge < -0.3 is 10.0 Å². The van der Waals surface area contributed by atoms with Gasteiger partial charge in [-0.15, -0.1) is 0 Å². The molecule has 0 saturated heterocycles. The van der Waals surface area contributed by atoms with Crippen LogP contribution in [0, 0.1) is 5.92 Å². The summed E-state index contributed by atoms with van der Waals surface area (Å²) in [7, 11) is 0. The molecule has 1 aliphatic rings. The molecule has 1 aromatic carbocycles. The SMILES string of the molecule is CC(CC1CCC1)N(CC(=O)O)c1cccc(Cl)c1. The molecule has 0 bridgehead atoms. The van der Waals surface area contributed by atoms with Crippen molar-refractivity contribution in [3.8, 4) is 0 Å². The zero-order valence-electron chi connectivity index (χ0n) is 11.2. The van der Waals surface area contributed by atoms with E-state index in [1.165, 1.54) is 19.3 Å². The number of anilines is 1. The Kier molecular flexibility index (Phi) is 4.70. The summed E-state index contributed by atoms with van der Waals surface area (Å²) in [6.07, 6.45) is 4.93. The van der Waals surface area contributed by atoms with Crippen molar-refractivity contribution in [2.45, 2.75) is 38.6 Å². The molecule has 0 aromatic heterocycles. The monoisotopic (exact) mass is 281 g/mol. The zero-order valence-corrected chi connectivity index (χ0v) is 11.9. The van der Waals surface area contributed by atoms with E-state index in [-0.39, 0.29) is 12.6 Å². The third-order valence-electron chi connectivity index (χ3n) is 3.88. The fourth-order valence-electron chi connectivity index (χ4n) is 2.64. The minimum Gasteiger partial charge on any atom is -0.480 e. The predicted molar refractivity (Wildman–Crippen MR) is 77.9 cm³/mol. The van der Waals surface area contributed by atoms with Crippen molar-refractivity contribution >= 4 is 23.3 Å². The van der Waals surface area contributed by atoms with E-state index in [2.05, 4.69) is 6.92 Å². The molecular weight excluding hydrogens is 262 g/mol. The molecule has 1 unspecified atom stereocenters. The second-order valence-corrected chi connectivity index (χ2v) is 5.82. The Morgan fingerprint density at radius 3 is 2.79 bits per heavy atom. The predicted octanol–water partition coefficient (Wildman–Crippen LogP) is 3.81. The van der Waals surface area contributed by atoms with Gasteiger partial charge in [-0.25, -0.2) is 0 Å². The van der Waals surface area contributed by atoms with Gasteiger partial charge in [0, 0.05) is 16.8 Å². The number of rotatable bonds is 6. The average Bonchev–Trinajstić information content (AvgIpc) is 2.30. The Labute approximate surface area is 119 Å². The van der Waals surface area contributed by atoms with E-state index in [0.717, 1.165) is 18.0 Å². The van der Waals surface area contributed by atoms with Crippen LogP contribution in [-0.4, -0.2) is 23.7 Å². The number of nitrogens with zero attached hydrogens (tertiary/aromatic N) is 1. The van der Waals surface area contributed by atoms with Crippen LogP contribution in [0.15, 0.2) is 24.3 Å². The molecule has 1 aromatic rings. The Balaban J connectivity index is 2.11. The summed E-state index contributed by atoms with van der Waals surface area (Å²) < 4.78 is 0. The molecule has 0 amide bonds. The lowest BCUT2D eigenvalue weighted by atomic mass is 9.81. The fraction of sp³-hybridized carbons (Fsp3) is 0.533. The maximum Gasteiger partial charge on any atom is 0.323 e. The van der Waals surface area contributed by atoms with Gasteiger partial charge in [0.2, 0.25) is 0 Å². The van der Waals surface area contributed by atoms with Gasteiger partial charge in [0.05, 0.1) is 0 Å². The summed E-state index contributed by atoms with van der Waals surface area (Å²) >= 11 is 6.00. The van der Waals surface area contributed by atoms with Gasteiger partial charge in [0.25, 0.3) is 0 Å². The lowest BCUT2D eigenvalue weighted by Crippen LogP contribution is -2.39. The van der Waals surface area contributed by atoms with E-state index in [4.69, 9.17) is 16.7 Å². The Morgan fingerprint density at radius 2 is 2.26 bits per heavy atom. The Morgan fingerprint density at radius 1 is 1.53 bits per heavy atom. The van der Waals surface area contributed by atoms with Gasteiger partial charge in [-0.3, -0.25) is 4.79 Å². The molecule has 1 fully saturated rings. The summed E-state index contributed by atoms with van der Waals surface area (Å²) in [6, 6.07) is 7.65. The first kappa shape index (κ1) is 14.2. The van der Waals surface area contributed by atoms with Crippen LogP contribution >= 0.6 is 11.6 Å². The van der Waals surface area contributed by atoms with Crippen LogP contribution in [0.5, 0.6) is 0 Å². The van der Waals surface area contributed by atoms with E-state index in [1.807, 2.05) is 23.1 Å². The highest BCUT2D eigenvalue weighted by Gasteiger charge is 2.24. The Hall–Kier alpha value is -1.22. The zero-order chi connectivity index (χ0) is 13.8. The number of benzene rings is 1. The molecule has 0 heterocycles. The second-order valence-electron chi connectivity index (χ2n) is 5.38. The maximum absolute atomic E-state index is 11.1. The average molecular weight is 282 g/mol. The van der Waals surface area contributed by atoms with E-state index >= 15 is 0 Å². The third-order valence-corrected chi connectivity index (χ3v) is 4.11. The smallest absolute Gasteiger partial charge is 0.323 e. The molecule has 0 aliphatic heterocycles. The van der Waals surface area contributed by atoms with Gasteiger partial charge in [-0.05, 0) is 37.5 Å². The molecule has 3 nitrogen and oxygen atoms in total. The van der Waals surface area contributed by atoms with Crippen LogP contribution in [-0.2, 0) is 4.79 Å². The molecule has 2 rings (SSSR count). The third kappa shape index (κ3) is 3.87. The first-order chi connectivity index (χ1) is 9.06. The van der Waals surface area contributed by atoms with Crippen LogP contribution in [0.4, 0.5) is 5.69 Å². The molecule has 0 radical (unpaired) electrons. The van der Waals surface area contributed by atoms with Gasteiger partial charge in [-0.2, -0.15) is 0 Å². The van der Waals surface area contributed by atoms with Crippen LogP contribution < -0.4 is 4.90 Å². The minimum atomic E-state index is -0.805. The summed E-state index contributed by atoms with van der Waals surface area (Å²) in [5, 5.41) is 9.74. The molecule has 19 heavy (non-hydrogen) atoms. The number of carboxylic acids is 1. The highest BCUT2D eigenvalue weighted by molar-refractivity contribution is 6.30. The quantitative estimate of drug-likeness (QED) is 0.862. The van der Waals surface area contributed by atoms with Gasteiger partial charge in [-0.1, -0.05) is 36.9 Å². The second kappa shape index (κ2) is 6.29. The van der Waals surface area contributed by atoms with Crippen molar-refractivity contribution in [3.05, 3.63) is 29.3 Å². The molecule has 4 heteroatoms. The van der Waals surface area contributed by atoms with Crippen molar-refractivity contribution < 1.29 is 9.90 Å². The number of carboxylic acid groups (broad SMARTS) is 1. The summed E-state index contributed by atoms with van der Waals surface area (Å²) in [5.74, 6) is -0.0501. The lowest BCUT2D eigenvalue weighted by Gasteiger charge is -2.35. The number of aliphatic carboxylic acids is 1. The standard InChI is InChI=1S/C15H20ClNO2/c1-11(8-12-4-2-5-12)17(10-15(18)19)14-7-3-6-13(16)9-14/h3,6-7,9,11-12H,2,4-5,8,10H2,1H3,(H,18,19). The van der Waals surface area contributed by atoms with Crippen LogP contribution in [0.3, 0.4) is 0 Å². The van der Waals surface area contributed by atoms with Crippen molar-refractivity contribution in [2.24, 2.45) is 5.92 Å². The molecule has 1 saturated carbocycles. The molecule has 1 atom stereocenters. The summed E-state index contributed by atoms with van der Waals surface area (Å²) in [6.45, 7) is 2.12. The highest BCUT2D eigenvalue weighted by Crippen LogP contribution is 2.33. The normalized spacial score (nSPS) is 16.7. The van der Waals surface area contributed by atoms with Crippen molar-refractivity contribution in [1.82, 2.24) is 0 Å². The molecule has 104 valence electrons. The fourth-order valence-corrected chi connectivity index (χ4v) is 2.82. The van der Waals surface area contributed by atoms with Crippen molar-refractivity contribution in [3.63, 3.8) is 0 Å². The molecular formula is C15H20ClNO2. The Bertz CT molecular complexity index is 446. The lowest BCUT2D eigenvalue weighted by molar-refractivity contribution is -0.135. The van der Waals surface area contributed by atoms with Crippen molar-refractivity contribution in [1.29, 1.82) is 0 Å². The first-order valence-corrected chi connectivity index (χ1v) is 7.18. The maximum atomic E-state index is 11.1. The number of hydrogen-bond acceptors (Lipinski definition) is 2. The van der Waals surface area contributed by atoms with Crippen molar-refractivity contribution in [2.75, 3.05) is 11.4 Å². The number of hydrogen-bond donors (Lipinski definition) is 1. The van der Waals surface area contributed by atoms with Gasteiger partial charge in [0.1, 0.15) is 6.54 Å². The first-order valence-electron chi connectivity index (χ1n) is 6.80. The highest BCUT2D eigenvalue weighted by atomic mass is 35.5. The van der Waals surface area contributed by atoms with E-state index in [9.17, 15) is 4.79 Å². The van der Waals surface area contributed by atoms with Gasteiger partial charge >= 0.3 is 5.97 Å². The summed E-state index contributed by atoms with van der Waals surface area (Å²) in [5.41, 5.74) is 0.890. The van der Waals surface area contributed by atoms with Crippen LogP contribution in [0.1, 0.15) is 32.6 Å². The van der Waals surface area contributed by atoms with E-state index in [1.54, 1.807) is 6.07 Å². The van der Waals surface area contributed by atoms with Crippen LogP contribution in [0.2, 0.25) is 5.02 Å². The molecule has 0 spiro atoms. The topological polar surface area (TPSA) is 40.5 Å². The molecule has 1 N–H and O–H groups in total. The minimum absolute atomic E-state index is 0.0221. The largest absolute Gasteiger partial charge is 0.480 e. The van der Waals surface area contributed by atoms with Crippen LogP contribution in [0.25, 0.3) is 0 Å². The summed E-state index contributed by atoms with van der Waals surface area (Å²) in [4.78, 5) is 13.0. The molecule has 1 aliphatic carbocycles. The number of halogens is 1.